The van der Waals surface area contributed by atoms with E-state index < -0.39 is 0 Å². The van der Waals surface area contributed by atoms with Gasteiger partial charge in [-0.2, -0.15) is 10.1 Å². The highest BCUT2D eigenvalue weighted by molar-refractivity contribution is 6.31. The van der Waals surface area contributed by atoms with Crippen LogP contribution in [0.4, 0.5) is 4.39 Å². The first-order valence-corrected chi connectivity index (χ1v) is 8.41. The van der Waals surface area contributed by atoms with Gasteiger partial charge in [0.2, 0.25) is 0 Å². The Hall–Kier alpha value is -2.21. The number of benzene rings is 1. The number of hydrogen-bond acceptors (Lipinski definition) is 4. The van der Waals surface area contributed by atoms with Crippen molar-refractivity contribution in [3.05, 3.63) is 51.7 Å². The van der Waals surface area contributed by atoms with Gasteiger partial charge in [0.15, 0.2) is 11.5 Å². The molecule has 0 bridgehead atoms. The van der Waals surface area contributed by atoms with Crippen molar-refractivity contribution in [2.75, 3.05) is 0 Å². The van der Waals surface area contributed by atoms with Crippen molar-refractivity contribution in [2.24, 2.45) is 0 Å². The summed E-state index contributed by atoms with van der Waals surface area (Å²) in [4.78, 5) is 4.59. The Morgan fingerprint density at radius 1 is 1.24 bits per heavy atom. The quantitative estimate of drug-likeness (QED) is 0.748. The Balaban J connectivity index is 0.00000157. The number of aryl methyl sites for hydroxylation is 1. The van der Waals surface area contributed by atoms with Crippen LogP contribution >= 0.6 is 11.6 Å². The maximum absolute atomic E-state index is 13.3. The molecule has 7 heteroatoms. The fourth-order valence-electron chi connectivity index (χ4n) is 3.63. The van der Waals surface area contributed by atoms with Crippen LogP contribution in [0.1, 0.15) is 49.3 Å². The van der Waals surface area contributed by atoms with Crippen molar-refractivity contribution >= 4 is 11.6 Å². The molecular weight excluding hydrogens is 343 g/mol. The van der Waals surface area contributed by atoms with Gasteiger partial charge in [-0.15, -0.1) is 0 Å². The van der Waals surface area contributed by atoms with Crippen LogP contribution in [-0.2, 0) is 18.3 Å². The minimum Gasteiger partial charge on any atom is -0.332 e. The zero-order chi connectivity index (χ0) is 16.3. The van der Waals surface area contributed by atoms with E-state index in [-0.39, 0.29) is 18.7 Å². The molecule has 5 rings (SSSR count). The number of rotatable bonds is 3. The van der Waals surface area contributed by atoms with E-state index >= 15 is 0 Å². The molecule has 2 aliphatic rings. The predicted molar refractivity (Wildman–Crippen MR) is 92.1 cm³/mol. The molecule has 5 nitrogen and oxygen atoms in total. The molecular formula is C18H18ClFN4O. The highest BCUT2D eigenvalue weighted by Gasteiger charge is 2.51. The average Bonchev–Trinajstić information content (AvgIpc) is 2.94. The molecule has 0 radical (unpaired) electrons. The fraction of sp³-hybridized carbons (Fsp3) is 0.389. The summed E-state index contributed by atoms with van der Waals surface area (Å²) in [6, 6.07) is 4.47. The lowest BCUT2D eigenvalue weighted by Crippen LogP contribution is -2.11. The van der Waals surface area contributed by atoms with Gasteiger partial charge in [0, 0.05) is 16.3 Å². The number of halogens is 2. The zero-order valence-corrected chi connectivity index (χ0v) is 13.5. The molecule has 3 aromatic rings. The van der Waals surface area contributed by atoms with Gasteiger partial charge in [0.1, 0.15) is 5.82 Å². The molecule has 0 aliphatic heterocycles. The first-order chi connectivity index (χ1) is 11.7. The SMILES string of the molecule is C.Fc1ccc(C2(c3noc(-c4n[nH]c5c4CCC5)n3)CC2)c(Cl)c1. The molecule has 1 saturated carbocycles. The van der Waals surface area contributed by atoms with Gasteiger partial charge in [-0.05, 0) is 49.8 Å². The summed E-state index contributed by atoms with van der Waals surface area (Å²) in [5.74, 6) is 0.690. The number of nitrogens with zero attached hydrogens (tertiary/aromatic N) is 3. The molecule has 2 aromatic heterocycles. The van der Waals surface area contributed by atoms with Crippen LogP contribution in [0.2, 0.25) is 5.02 Å². The highest BCUT2D eigenvalue weighted by Crippen LogP contribution is 2.54. The second-order valence-corrected chi connectivity index (χ2v) is 6.92. The molecule has 0 saturated heterocycles. The lowest BCUT2D eigenvalue weighted by atomic mass is 9.95. The number of hydrogen-bond donors (Lipinski definition) is 1. The smallest absolute Gasteiger partial charge is 0.278 e. The summed E-state index contributed by atoms with van der Waals surface area (Å²) in [6.45, 7) is 0. The van der Waals surface area contributed by atoms with Crippen molar-refractivity contribution < 1.29 is 8.91 Å². The lowest BCUT2D eigenvalue weighted by Gasteiger charge is -2.12. The molecule has 2 heterocycles. The third-order valence-corrected chi connectivity index (χ3v) is 5.37. The topological polar surface area (TPSA) is 67.6 Å². The molecule has 2 aliphatic carbocycles. The largest absolute Gasteiger partial charge is 0.332 e. The molecule has 130 valence electrons. The molecule has 0 atom stereocenters. The highest BCUT2D eigenvalue weighted by atomic mass is 35.5. The maximum Gasteiger partial charge on any atom is 0.278 e. The number of nitrogens with one attached hydrogen (secondary N) is 1. The van der Waals surface area contributed by atoms with Gasteiger partial charge < -0.3 is 4.52 Å². The summed E-state index contributed by atoms with van der Waals surface area (Å²) in [5, 5.41) is 12.0. The number of fused-ring (bicyclic) bond motifs is 1. The summed E-state index contributed by atoms with van der Waals surface area (Å²) < 4.78 is 18.8. The van der Waals surface area contributed by atoms with Crippen molar-refractivity contribution in [3.63, 3.8) is 0 Å². The normalized spacial score (nSPS) is 17.2. The summed E-state index contributed by atoms with van der Waals surface area (Å²) in [5.41, 5.74) is 3.57. The molecule has 1 N–H and O–H groups in total. The summed E-state index contributed by atoms with van der Waals surface area (Å²) in [7, 11) is 0. The molecule has 0 spiro atoms. The fourth-order valence-corrected chi connectivity index (χ4v) is 3.97. The second-order valence-electron chi connectivity index (χ2n) is 6.51. The van der Waals surface area contributed by atoms with Crippen molar-refractivity contribution in [1.29, 1.82) is 0 Å². The zero-order valence-electron chi connectivity index (χ0n) is 12.8. The lowest BCUT2D eigenvalue weighted by molar-refractivity contribution is 0.416. The molecule has 25 heavy (non-hydrogen) atoms. The van der Waals surface area contributed by atoms with E-state index in [1.54, 1.807) is 6.07 Å². The van der Waals surface area contributed by atoms with Gasteiger partial charge in [-0.25, -0.2) is 4.39 Å². The Kier molecular flexibility index (Phi) is 3.68. The van der Waals surface area contributed by atoms with E-state index in [0.29, 0.717) is 16.7 Å². The van der Waals surface area contributed by atoms with Gasteiger partial charge in [-0.1, -0.05) is 30.3 Å². The van der Waals surface area contributed by atoms with E-state index in [2.05, 4.69) is 20.3 Å². The van der Waals surface area contributed by atoms with Crippen LogP contribution in [-0.4, -0.2) is 20.3 Å². The molecule has 1 aromatic carbocycles. The van der Waals surface area contributed by atoms with Gasteiger partial charge in [-0.3, -0.25) is 5.10 Å². The minimum atomic E-state index is -0.369. The van der Waals surface area contributed by atoms with Gasteiger partial charge in [0.05, 0.1) is 5.41 Å². The first-order valence-electron chi connectivity index (χ1n) is 8.03. The Morgan fingerprint density at radius 2 is 2.08 bits per heavy atom. The number of aromatic amines is 1. The third kappa shape index (κ3) is 2.39. The molecule has 1 fully saturated rings. The molecule has 0 amide bonds. The second kappa shape index (κ2) is 5.66. The molecule has 0 unspecified atom stereocenters. The van der Waals surface area contributed by atoms with Gasteiger partial charge in [0.25, 0.3) is 5.89 Å². The Morgan fingerprint density at radius 3 is 2.84 bits per heavy atom. The van der Waals surface area contributed by atoms with Crippen molar-refractivity contribution in [3.8, 4) is 11.6 Å². The van der Waals surface area contributed by atoms with Crippen LogP contribution in [0.15, 0.2) is 22.7 Å². The van der Waals surface area contributed by atoms with Crippen LogP contribution in [0.3, 0.4) is 0 Å². The van der Waals surface area contributed by atoms with E-state index in [1.807, 2.05) is 0 Å². The first kappa shape index (κ1) is 16.3. The van der Waals surface area contributed by atoms with E-state index in [9.17, 15) is 4.39 Å². The summed E-state index contributed by atoms with van der Waals surface area (Å²) >= 11 is 6.24. The van der Waals surface area contributed by atoms with Crippen LogP contribution < -0.4 is 0 Å². The average molecular weight is 361 g/mol. The van der Waals surface area contributed by atoms with Crippen LogP contribution in [0.25, 0.3) is 11.6 Å². The van der Waals surface area contributed by atoms with Crippen LogP contribution in [0.5, 0.6) is 0 Å². The number of aromatic nitrogens is 4. The van der Waals surface area contributed by atoms with Crippen LogP contribution in [0, 0.1) is 5.82 Å². The van der Waals surface area contributed by atoms with Crippen molar-refractivity contribution in [2.45, 2.75) is 44.9 Å². The predicted octanol–water partition coefficient (Wildman–Crippen LogP) is 4.46. The third-order valence-electron chi connectivity index (χ3n) is 5.06. The van der Waals surface area contributed by atoms with Crippen molar-refractivity contribution in [1.82, 2.24) is 20.3 Å². The van der Waals surface area contributed by atoms with E-state index in [1.165, 1.54) is 17.7 Å². The maximum atomic E-state index is 13.3. The summed E-state index contributed by atoms with van der Waals surface area (Å²) in [6.07, 6.45) is 4.85. The number of H-pyrrole nitrogens is 1. The Bertz CT molecular complexity index is 944. The Labute approximate surface area is 149 Å². The monoisotopic (exact) mass is 360 g/mol. The van der Waals surface area contributed by atoms with E-state index in [4.69, 9.17) is 16.1 Å². The minimum absolute atomic E-state index is 0. The standard InChI is InChI=1S/C17H14ClFN4O.CH4/c18-12-8-9(19)4-5-11(12)17(6-7-17)16-20-15(24-23-16)14-10-2-1-3-13(10)21-22-14;/h4-5,8H,1-3,6-7H2,(H,21,22);1H4. The van der Waals surface area contributed by atoms with E-state index in [0.717, 1.165) is 49.1 Å². The van der Waals surface area contributed by atoms with Gasteiger partial charge >= 0.3 is 0 Å².